The number of likely N-dealkylation sites (tertiary alicyclic amines) is 1. The van der Waals surface area contributed by atoms with E-state index >= 15 is 0 Å². The summed E-state index contributed by atoms with van der Waals surface area (Å²) in [5.74, 6) is 1.57. The summed E-state index contributed by atoms with van der Waals surface area (Å²) >= 11 is 0. The van der Waals surface area contributed by atoms with Crippen molar-refractivity contribution in [2.45, 2.75) is 31.7 Å². The summed E-state index contributed by atoms with van der Waals surface area (Å²) in [6.07, 6.45) is 5.55. The fraction of sp³-hybridized carbons (Fsp3) is 0.231. The third-order valence-corrected chi connectivity index (χ3v) is 5.93. The normalized spacial score (nSPS) is 16.7. The Bertz CT molecular complexity index is 1160. The van der Waals surface area contributed by atoms with Gasteiger partial charge in [-0.2, -0.15) is 0 Å². The first-order chi connectivity index (χ1) is 14.8. The number of aromatic nitrogens is 1. The van der Waals surface area contributed by atoms with Gasteiger partial charge in [-0.25, -0.2) is 4.98 Å². The van der Waals surface area contributed by atoms with Crippen LogP contribution in [0.15, 0.2) is 83.4 Å². The van der Waals surface area contributed by atoms with E-state index in [2.05, 4.69) is 17.1 Å². The van der Waals surface area contributed by atoms with Crippen molar-refractivity contribution in [3.05, 3.63) is 90.4 Å². The minimum absolute atomic E-state index is 0.103. The van der Waals surface area contributed by atoms with E-state index in [0.717, 1.165) is 53.5 Å². The van der Waals surface area contributed by atoms with E-state index in [4.69, 9.17) is 4.42 Å². The van der Waals surface area contributed by atoms with Gasteiger partial charge in [-0.1, -0.05) is 66.7 Å². The molecule has 1 aromatic heterocycles. The fourth-order valence-electron chi connectivity index (χ4n) is 4.39. The van der Waals surface area contributed by atoms with Gasteiger partial charge in [0, 0.05) is 30.1 Å². The van der Waals surface area contributed by atoms with E-state index < -0.39 is 0 Å². The molecule has 4 aromatic rings. The van der Waals surface area contributed by atoms with E-state index in [1.165, 1.54) is 0 Å². The molecule has 1 amide bonds. The molecule has 5 rings (SSSR count). The van der Waals surface area contributed by atoms with Gasteiger partial charge in [0.15, 0.2) is 11.7 Å². The van der Waals surface area contributed by atoms with Crippen LogP contribution in [0.2, 0.25) is 0 Å². The zero-order valence-corrected chi connectivity index (χ0v) is 16.8. The summed E-state index contributed by atoms with van der Waals surface area (Å²) < 4.78 is 6.03. The fourth-order valence-corrected chi connectivity index (χ4v) is 4.39. The molecule has 30 heavy (non-hydrogen) atoms. The maximum atomic E-state index is 13.5. The number of carbonyl (C=O) groups is 1. The molecule has 1 atom stereocenters. The number of nitrogens with zero attached hydrogens (tertiary/aromatic N) is 2. The van der Waals surface area contributed by atoms with Crippen molar-refractivity contribution < 1.29 is 9.21 Å². The standard InChI is InChI=1S/C26H24N2O2/c29-26(23-15-8-12-19-9-4-5-14-22(19)23)28-16-7-6-13-21(28)17-25-27-18-24(30-25)20-10-2-1-3-11-20/h1-5,8-12,14-15,18,21H,6-7,13,16-17H2. The summed E-state index contributed by atoms with van der Waals surface area (Å²) in [6.45, 7) is 0.777. The van der Waals surface area contributed by atoms with Gasteiger partial charge < -0.3 is 9.32 Å². The number of benzene rings is 3. The molecule has 1 unspecified atom stereocenters. The van der Waals surface area contributed by atoms with Crippen molar-refractivity contribution in [1.29, 1.82) is 0 Å². The van der Waals surface area contributed by atoms with Crippen LogP contribution in [0.5, 0.6) is 0 Å². The molecular weight excluding hydrogens is 372 g/mol. The predicted molar refractivity (Wildman–Crippen MR) is 118 cm³/mol. The molecule has 1 saturated heterocycles. The second kappa shape index (κ2) is 8.15. The number of rotatable bonds is 4. The highest BCUT2D eigenvalue weighted by Gasteiger charge is 2.29. The monoisotopic (exact) mass is 396 g/mol. The average Bonchev–Trinajstić information content (AvgIpc) is 3.28. The second-order valence-electron chi connectivity index (χ2n) is 7.86. The van der Waals surface area contributed by atoms with Gasteiger partial charge in [0.2, 0.25) is 0 Å². The lowest BCUT2D eigenvalue weighted by molar-refractivity contribution is 0.0608. The lowest BCUT2D eigenvalue weighted by Crippen LogP contribution is -2.45. The van der Waals surface area contributed by atoms with Gasteiger partial charge >= 0.3 is 0 Å². The molecule has 0 spiro atoms. The Balaban J connectivity index is 1.40. The number of hydrogen-bond acceptors (Lipinski definition) is 3. The van der Waals surface area contributed by atoms with Crippen LogP contribution in [-0.2, 0) is 6.42 Å². The molecule has 4 heteroatoms. The van der Waals surface area contributed by atoms with Gasteiger partial charge in [0.1, 0.15) is 0 Å². The van der Waals surface area contributed by atoms with E-state index in [9.17, 15) is 4.79 Å². The Morgan fingerprint density at radius 3 is 2.67 bits per heavy atom. The smallest absolute Gasteiger partial charge is 0.254 e. The Kier molecular flexibility index (Phi) is 5.06. The summed E-state index contributed by atoms with van der Waals surface area (Å²) in [7, 11) is 0. The minimum atomic E-state index is 0.103. The summed E-state index contributed by atoms with van der Waals surface area (Å²) in [5.41, 5.74) is 1.79. The third kappa shape index (κ3) is 3.61. The summed E-state index contributed by atoms with van der Waals surface area (Å²) in [6, 6.07) is 24.1. The van der Waals surface area contributed by atoms with E-state index in [1.807, 2.05) is 65.6 Å². The average molecular weight is 396 g/mol. The maximum absolute atomic E-state index is 13.5. The molecule has 4 nitrogen and oxygen atoms in total. The van der Waals surface area contributed by atoms with E-state index in [0.29, 0.717) is 12.3 Å². The van der Waals surface area contributed by atoms with Crippen LogP contribution < -0.4 is 0 Å². The number of fused-ring (bicyclic) bond motifs is 1. The molecule has 0 bridgehead atoms. The molecule has 3 aromatic carbocycles. The molecule has 0 saturated carbocycles. The first-order valence-electron chi connectivity index (χ1n) is 10.6. The van der Waals surface area contributed by atoms with Crippen LogP contribution >= 0.6 is 0 Å². The topological polar surface area (TPSA) is 46.3 Å². The maximum Gasteiger partial charge on any atom is 0.254 e. The van der Waals surface area contributed by atoms with Crippen LogP contribution in [-0.4, -0.2) is 28.4 Å². The zero-order valence-electron chi connectivity index (χ0n) is 16.8. The van der Waals surface area contributed by atoms with Crippen LogP contribution in [0, 0.1) is 0 Å². The Morgan fingerprint density at radius 2 is 1.77 bits per heavy atom. The van der Waals surface area contributed by atoms with Crippen LogP contribution in [0.25, 0.3) is 22.1 Å². The van der Waals surface area contributed by atoms with Gasteiger partial charge in [-0.3, -0.25) is 4.79 Å². The van der Waals surface area contributed by atoms with Crippen LogP contribution in [0.1, 0.15) is 35.5 Å². The van der Waals surface area contributed by atoms with E-state index in [-0.39, 0.29) is 11.9 Å². The first-order valence-corrected chi connectivity index (χ1v) is 10.6. The van der Waals surface area contributed by atoms with Crippen molar-refractivity contribution in [3.8, 4) is 11.3 Å². The Labute approximate surface area is 176 Å². The number of amides is 1. The van der Waals surface area contributed by atoms with Crippen LogP contribution in [0.4, 0.5) is 0 Å². The molecule has 1 aliphatic rings. The largest absolute Gasteiger partial charge is 0.441 e. The molecule has 0 N–H and O–H groups in total. The molecule has 1 aliphatic heterocycles. The lowest BCUT2D eigenvalue weighted by atomic mass is 9.96. The summed E-state index contributed by atoms with van der Waals surface area (Å²) in [4.78, 5) is 20.0. The molecule has 0 aliphatic carbocycles. The highest BCUT2D eigenvalue weighted by Crippen LogP contribution is 2.27. The first kappa shape index (κ1) is 18.6. The van der Waals surface area contributed by atoms with Crippen molar-refractivity contribution in [2.75, 3.05) is 6.54 Å². The zero-order chi connectivity index (χ0) is 20.3. The third-order valence-electron chi connectivity index (χ3n) is 5.93. The number of carbonyl (C=O) groups excluding carboxylic acids is 1. The Morgan fingerprint density at radius 1 is 0.967 bits per heavy atom. The highest BCUT2D eigenvalue weighted by molar-refractivity contribution is 6.07. The molecule has 1 fully saturated rings. The predicted octanol–water partition coefficient (Wildman–Crippen LogP) is 5.73. The SMILES string of the molecule is O=C(c1cccc2ccccc12)N1CCCCC1Cc1ncc(-c2ccccc2)o1. The minimum Gasteiger partial charge on any atom is -0.441 e. The molecule has 150 valence electrons. The molecule has 0 radical (unpaired) electrons. The van der Waals surface area contributed by atoms with Gasteiger partial charge in [-0.15, -0.1) is 0 Å². The van der Waals surface area contributed by atoms with Crippen molar-refractivity contribution in [2.24, 2.45) is 0 Å². The second-order valence-corrected chi connectivity index (χ2v) is 7.86. The van der Waals surface area contributed by atoms with Gasteiger partial charge in [0.25, 0.3) is 5.91 Å². The lowest BCUT2D eigenvalue weighted by Gasteiger charge is -2.35. The molecular formula is C26H24N2O2. The van der Waals surface area contributed by atoms with Crippen molar-refractivity contribution >= 4 is 16.7 Å². The van der Waals surface area contributed by atoms with Crippen LogP contribution in [0.3, 0.4) is 0 Å². The number of hydrogen-bond donors (Lipinski definition) is 0. The van der Waals surface area contributed by atoms with Crippen molar-refractivity contribution in [3.63, 3.8) is 0 Å². The van der Waals surface area contributed by atoms with E-state index in [1.54, 1.807) is 6.20 Å². The quantitative estimate of drug-likeness (QED) is 0.442. The Hall–Kier alpha value is -3.40. The molecule has 2 heterocycles. The number of piperidine rings is 1. The highest BCUT2D eigenvalue weighted by atomic mass is 16.4. The van der Waals surface area contributed by atoms with Gasteiger partial charge in [-0.05, 0) is 36.1 Å². The van der Waals surface area contributed by atoms with Gasteiger partial charge in [0.05, 0.1) is 6.20 Å². The van der Waals surface area contributed by atoms with Crippen molar-refractivity contribution in [1.82, 2.24) is 9.88 Å². The number of oxazole rings is 1. The summed E-state index contributed by atoms with van der Waals surface area (Å²) in [5, 5.41) is 2.11.